The topological polar surface area (TPSA) is 32.7 Å². The average molecular weight is 385 g/mol. The van der Waals surface area contributed by atoms with Crippen molar-refractivity contribution in [1.29, 1.82) is 0 Å². The Morgan fingerprint density at radius 1 is 1.15 bits per heavy atom. The van der Waals surface area contributed by atoms with Gasteiger partial charge in [-0.25, -0.2) is 4.99 Å². The molecule has 2 aromatic carbocycles. The molecular formula is C21H21ClN2OS. The minimum Gasteiger partial charge on any atom is -0.286 e. The number of nitrogens with zero attached hydrogens (tertiary/aromatic N) is 2. The summed E-state index contributed by atoms with van der Waals surface area (Å²) in [6.45, 7) is 4.83. The van der Waals surface area contributed by atoms with E-state index in [-0.39, 0.29) is 5.91 Å². The minimum absolute atomic E-state index is 0.00534. The van der Waals surface area contributed by atoms with Crippen LogP contribution in [0.2, 0.25) is 5.02 Å². The lowest BCUT2D eigenvalue weighted by molar-refractivity contribution is -0.122. The van der Waals surface area contributed by atoms with Gasteiger partial charge >= 0.3 is 0 Å². The van der Waals surface area contributed by atoms with Gasteiger partial charge in [0.25, 0.3) is 5.91 Å². The molecule has 0 aliphatic carbocycles. The van der Waals surface area contributed by atoms with E-state index in [2.05, 4.69) is 6.92 Å². The molecule has 5 heteroatoms. The predicted octanol–water partition coefficient (Wildman–Crippen LogP) is 6.05. The van der Waals surface area contributed by atoms with E-state index in [1.807, 2.05) is 61.5 Å². The first kappa shape index (κ1) is 18.7. The molecule has 1 amide bonds. The fraction of sp³-hybridized carbons (Fsp3) is 0.238. The van der Waals surface area contributed by atoms with E-state index in [1.54, 1.807) is 4.90 Å². The number of hydrogen-bond acceptors (Lipinski definition) is 3. The molecule has 26 heavy (non-hydrogen) atoms. The van der Waals surface area contributed by atoms with Crippen molar-refractivity contribution in [2.75, 3.05) is 6.54 Å². The molecule has 1 fully saturated rings. The third-order valence-corrected chi connectivity index (χ3v) is 5.42. The summed E-state index contributed by atoms with van der Waals surface area (Å²) in [6.07, 6.45) is 3.82. The molecule has 1 aliphatic heterocycles. The third kappa shape index (κ3) is 4.37. The Hall–Kier alpha value is -2.04. The van der Waals surface area contributed by atoms with Gasteiger partial charge in [0.15, 0.2) is 5.17 Å². The Kier molecular flexibility index (Phi) is 6.17. The summed E-state index contributed by atoms with van der Waals surface area (Å²) < 4.78 is 0. The summed E-state index contributed by atoms with van der Waals surface area (Å²) >= 11 is 7.65. The number of amides is 1. The van der Waals surface area contributed by atoms with Gasteiger partial charge < -0.3 is 0 Å². The van der Waals surface area contributed by atoms with E-state index >= 15 is 0 Å². The van der Waals surface area contributed by atoms with Crippen LogP contribution in [0.15, 0.2) is 58.4 Å². The molecule has 2 aromatic rings. The van der Waals surface area contributed by atoms with E-state index in [0.29, 0.717) is 16.5 Å². The van der Waals surface area contributed by atoms with E-state index in [1.165, 1.54) is 17.3 Å². The fourth-order valence-electron chi connectivity index (χ4n) is 2.57. The zero-order valence-corrected chi connectivity index (χ0v) is 16.5. The Morgan fingerprint density at radius 2 is 1.88 bits per heavy atom. The lowest BCUT2D eigenvalue weighted by atomic mass is 10.2. The van der Waals surface area contributed by atoms with Crippen LogP contribution in [-0.4, -0.2) is 22.5 Å². The highest BCUT2D eigenvalue weighted by Crippen LogP contribution is 2.35. The maximum atomic E-state index is 12.9. The number of aryl methyl sites for hydroxylation is 1. The second-order valence-corrected chi connectivity index (χ2v) is 7.59. The molecule has 0 unspecified atom stereocenters. The SMILES string of the molecule is CCCCN1C(=O)/C(=C\c2ccccc2Cl)SC1=Nc1ccc(C)cc1. The van der Waals surface area contributed by atoms with Gasteiger partial charge in [-0.05, 0) is 54.9 Å². The van der Waals surface area contributed by atoms with Crippen LogP contribution >= 0.6 is 23.4 Å². The van der Waals surface area contributed by atoms with Gasteiger partial charge in [0.1, 0.15) is 0 Å². The van der Waals surface area contributed by atoms with Crippen LogP contribution in [0, 0.1) is 6.92 Å². The molecule has 134 valence electrons. The second kappa shape index (κ2) is 8.56. The summed E-state index contributed by atoms with van der Waals surface area (Å²) in [5.41, 5.74) is 2.88. The maximum Gasteiger partial charge on any atom is 0.266 e. The van der Waals surface area contributed by atoms with Crippen LogP contribution in [0.5, 0.6) is 0 Å². The quantitative estimate of drug-likeness (QED) is 0.587. The first-order valence-electron chi connectivity index (χ1n) is 8.70. The van der Waals surface area contributed by atoms with Crippen LogP contribution in [0.4, 0.5) is 5.69 Å². The van der Waals surface area contributed by atoms with E-state index in [4.69, 9.17) is 16.6 Å². The molecule has 3 nitrogen and oxygen atoms in total. The predicted molar refractivity (Wildman–Crippen MR) is 112 cm³/mol. The third-order valence-electron chi connectivity index (χ3n) is 4.07. The highest BCUT2D eigenvalue weighted by Gasteiger charge is 2.33. The molecular weight excluding hydrogens is 364 g/mol. The van der Waals surface area contributed by atoms with Crippen molar-refractivity contribution in [2.45, 2.75) is 26.7 Å². The number of aliphatic imine (C=N–C) groups is 1. The molecule has 0 saturated carbocycles. The molecule has 0 spiro atoms. The van der Waals surface area contributed by atoms with Crippen molar-refractivity contribution in [3.8, 4) is 0 Å². The van der Waals surface area contributed by atoms with Crippen molar-refractivity contribution in [3.63, 3.8) is 0 Å². The first-order valence-corrected chi connectivity index (χ1v) is 9.89. The standard InChI is InChI=1S/C21H21ClN2OS/c1-3-4-13-24-20(25)19(14-16-7-5-6-8-18(16)22)26-21(24)23-17-11-9-15(2)10-12-17/h5-12,14H,3-4,13H2,1-2H3/b19-14+,23-21?. The van der Waals surface area contributed by atoms with Gasteiger partial charge in [-0.15, -0.1) is 0 Å². The molecule has 0 bridgehead atoms. The molecule has 3 rings (SSSR count). The first-order chi connectivity index (χ1) is 12.6. The fourth-order valence-corrected chi connectivity index (χ4v) is 3.77. The highest BCUT2D eigenvalue weighted by molar-refractivity contribution is 8.18. The van der Waals surface area contributed by atoms with Gasteiger partial charge in [-0.1, -0.05) is 60.8 Å². The van der Waals surface area contributed by atoms with Crippen LogP contribution in [0.3, 0.4) is 0 Å². The number of halogens is 1. The van der Waals surface area contributed by atoms with Crippen molar-refractivity contribution >= 4 is 46.2 Å². The van der Waals surface area contributed by atoms with Crippen molar-refractivity contribution < 1.29 is 4.79 Å². The lowest BCUT2D eigenvalue weighted by Crippen LogP contribution is -2.30. The Morgan fingerprint density at radius 3 is 2.58 bits per heavy atom. The number of amidine groups is 1. The van der Waals surface area contributed by atoms with Gasteiger partial charge in [0.05, 0.1) is 10.6 Å². The summed E-state index contributed by atoms with van der Waals surface area (Å²) in [7, 11) is 0. The van der Waals surface area contributed by atoms with E-state index < -0.39 is 0 Å². The monoisotopic (exact) mass is 384 g/mol. The van der Waals surface area contributed by atoms with Gasteiger partial charge in [0.2, 0.25) is 0 Å². The zero-order chi connectivity index (χ0) is 18.5. The number of hydrogen-bond donors (Lipinski definition) is 0. The molecule has 0 atom stereocenters. The smallest absolute Gasteiger partial charge is 0.266 e. The number of rotatable bonds is 5. The number of benzene rings is 2. The summed E-state index contributed by atoms with van der Waals surface area (Å²) in [5.74, 6) is -0.00534. The average Bonchev–Trinajstić information content (AvgIpc) is 2.92. The van der Waals surface area contributed by atoms with Crippen molar-refractivity contribution in [1.82, 2.24) is 4.90 Å². The van der Waals surface area contributed by atoms with E-state index in [9.17, 15) is 4.79 Å². The van der Waals surface area contributed by atoms with Crippen LogP contribution in [0.25, 0.3) is 6.08 Å². The second-order valence-electron chi connectivity index (χ2n) is 6.17. The van der Waals surface area contributed by atoms with Crippen molar-refractivity contribution in [3.05, 3.63) is 69.6 Å². The maximum absolute atomic E-state index is 12.9. The Labute approximate surface area is 163 Å². The lowest BCUT2D eigenvalue weighted by Gasteiger charge is -2.14. The van der Waals surface area contributed by atoms with Crippen LogP contribution in [-0.2, 0) is 4.79 Å². The highest BCUT2D eigenvalue weighted by atomic mass is 35.5. The number of unbranched alkanes of at least 4 members (excludes halogenated alkanes) is 1. The number of thioether (sulfide) groups is 1. The van der Waals surface area contributed by atoms with Gasteiger partial charge in [0, 0.05) is 11.6 Å². The Balaban J connectivity index is 1.94. The van der Waals surface area contributed by atoms with E-state index in [0.717, 1.165) is 29.3 Å². The normalized spacial score (nSPS) is 17.5. The minimum atomic E-state index is -0.00534. The summed E-state index contributed by atoms with van der Waals surface area (Å²) in [5, 5.41) is 1.36. The van der Waals surface area contributed by atoms with Gasteiger partial charge in [-0.2, -0.15) is 0 Å². The Bertz CT molecular complexity index is 859. The zero-order valence-electron chi connectivity index (χ0n) is 14.9. The molecule has 0 N–H and O–H groups in total. The van der Waals surface area contributed by atoms with Crippen LogP contribution < -0.4 is 0 Å². The molecule has 0 aromatic heterocycles. The van der Waals surface area contributed by atoms with Gasteiger partial charge in [-0.3, -0.25) is 9.69 Å². The molecule has 1 saturated heterocycles. The van der Waals surface area contributed by atoms with Crippen molar-refractivity contribution in [2.24, 2.45) is 4.99 Å². The number of carbonyl (C=O) groups is 1. The molecule has 0 radical (unpaired) electrons. The number of carbonyl (C=O) groups excluding carboxylic acids is 1. The van der Waals surface area contributed by atoms with Crippen LogP contribution in [0.1, 0.15) is 30.9 Å². The largest absolute Gasteiger partial charge is 0.286 e. The molecule has 1 aliphatic rings. The summed E-state index contributed by atoms with van der Waals surface area (Å²) in [4.78, 5) is 20.0. The summed E-state index contributed by atoms with van der Waals surface area (Å²) in [6, 6.07) is 15.5. The molecule has 1 heterocycles.